The van der Waals surface area contributed by atoms with E-state index in [1.165, 1.54) is 0 Å². The van der Waals surface area contributed by atoms with Crippen molar-refractivity contribution >= 4 is 11.9 Å². The van der Waals surface area contributed by atoms with Crippen LogP contribution in [0.4, 0.5) is 4.79 Å². The summed E-state index contributed by atoms with van der Waals surface area (Å²) in [7, 11) is 0. The zero-order valence-electron chi connectivity index (χ0n) is 9.64. The molecule has 5 nitrogen and oxygen atoms in total. The molecule has 0 bridgehead atoms. The average molecular weight is 241 g/mol. The molecule has 1 aliphatic carbocycles. The number of hydrogen-bond donors (Lipinski definition) is 1. The Morgan fingerprint density at radius 3 is 2.94 bits per heavy atom. The molecule has 1 saturated heterocycles. The van der Waals surface area contributed by atoms with Crippen LogP contribution in [0.5, 0.6) is 0 Å². The molecule has 0 unspecified atom stereocenters. The first-order valence-corrected chi connectivity index (χ1v) is 5.78. The van der Waals surface area contributed by atoms with Gasteiger partial charge in [-0.15, -0.1) is 0 Å². The highest BCUT2D eigenvalue weighted by atomic mass is 16.2. The minimum atomic E-state index is -0.940. The summed E-state index contributed by atoms with van der Waals surface area (Å²) in [4.78, 5) is 25.2. The van der Waals surface area contributed by atoms with E-state index in [0.29, 0.717) is 6.42 Å². The van der Waals surface area contributed by atoms with Crippen LogP contribution in [0, 0.1) is 11.3 Å². The van der Waals surface area contributed by atoms with Crippen molar-refractivity contribution in [1.29, 1.82) is 5.26 Å². The van der Waals surface area contributed by atoms with Crippen LogP contribution < -0.4 is 5.32 Å². The number of carbonyl (C=O) groups is 2. The second kappa shape index (κ2) is 3.57. The lowest BCUT2D eigenvalue weighted by molar-refractivity contribution is -0.131. The molecule has 1 aliphatic heterocycles. The summed E-state index contributed by atoms with van der Waals surface area (Å²) in [6.07, 6.45) is 1.33. The molecule has 1 fully saturated rings. The van der Waals surface area contributed by atoms with Crippen molar-refractivity contribution < 1.29 is 9.59 Å². The fourth-order valence-electron chi connectivity index (χ4n) is 2.80. The number of fused-ring (bicyclic) bond motifs is 2. The number of urea groups is 1. The number of carbonyl (C=O) groups excluding carboxylic acids is 2. The maximum absolute atomic E-state index is 12.4. The molecule has 2 aliphatic rings. The highest BCUT2D eigenvalue weighted by Gasteiger charge is 2.55. The molecular formula is C13H11N3O2. The first-order chi connectivity index (χ1) is 8.69. The van der Waals surface area contributed by atoms with Crippen molar-refractivity contribution in [1.82, 2.24) is 10.2 Å². The van der Waals surface area contributed by atoms with Crippen molar-refractivity contribution in [3.63, 3.8) is 0 Å². The van der Waals surface area contributed by atoms with Gasteiger partial charge in [-0.25, -0.2) is 9.69 Å². The second-order valence-corrected chi connectivity index (χ2v) is 4.54. The van der Waals surface area contributed by atoms with Crippen LogP contribution in [0.15, 0.2) is 24.3 Å². The Morgan fingerprint density at radius 2 is 2.17 bits per heavy atom. The van der Waals surface area contributed by atoms with E-state index >= 15 is 0 Å². The third-order valence-electron chi connectivity index (χ3n) is 3.65. The lowest BCUT2D eigenvalue weighted by Crippen LogP contribution is -2.41. The summed E-state index contributed by atoms with van der Waals surface area (Å²) in [6.45, 7) is -0.200. The third-order valence-corrected chi connectivity index (χ3v) is 3.65. The van der Waals surface area contributed by atoms with Crippen LogP contribution in [0.3, 0.4) is 0 Å². The van der Waals surface area contributed by atoms with E-state index in [4.69, 9.17) is 5.26 Å². The first-order valence-electron chi connectivity index (χ1n) is 5.78. The Morgan fingerprint density at radius 1 is 1.39 bits per heavy atom. The summed E-state index contributed by atoms with van der Waals surface area (Å²) >= 11 is 0. The van der Waals surface area contributed by atoms with E-state index in [-0.39, 0.29) is 12.5 Å². The Kier molecular flexibility index (Phi) is 2.14. The van der Waals surface area contributed by atoms with E-state index in [2.05, 4.69) is 5.32 Å². The number of rotatable bonds is 1. The number of imide groups is 1. The predicted molar refractivity (Wildman–Crippen MR) is 62.3 cm³/mol. The van der Waals surface area contributed by atoms with Crippen LogP contribution in [0.2, 0.25) is 0 Å². The van der Waals surface area contributed by atoms with Gasteiger partial charge in [0.15, 0.2) is 0 Å². The SMILES string of the molecule is N#CCN1C(=O)N[C@@]2(CCc3ccccc32)C1=O. The fraction of sp³-hybridized carbons (Fsp3) is 0.308. The van der Waals surface area contributed by atoms with Gasteiger partial charge in [-0.3, -0.25) is 4.79 Å². The molecule has 1 heterocycles. The van der Waals surface area contributed by atoms with Gasteiger partial charge in [0.05, 0.1) is 6.07 Å². The maximum atomic E-state index is 12.4. The molecule has 1 aromatic rings. The van der Waals surface area contributed by atoms with Crippen molar-refractivity contribution in [3.05, 3.63) is 35.4 Å². The van der Waals surface area contributed by atoms with Gasteiger partial charge in [0.1, 0.15) is 12.1 Å². The van der Waals surface area contributed by atoms with Gasteiger partial charge in [0.25, 0.3) is 5.91 Å². The monoisotopic (exact) mass is 241 g/mol. The predicted octanol–water partition coefficient (Wildman–Crippen LogP) is 0.903. The van der Waals surface area contributed by atoms with E-state index < -0.39 is 11.6 Å². The molecule has 0 saturated carbocycles. The largest absolute Gasteiger partial charge is 0.326 e. The number of nitrogens with one attached hydrogen (secondary N) is 1. The number of nitriles is 1. The number of hydrogen-bond acceptors (Lipinski definition) is 3. The quantitative estimate of drug-likeness (QED) is 0.586. The van der Waals surface area contributed by atoms with Crippen molar-refractivity contribution in [2.45, 2.75) is 18.4 Å². The number of benzene rings is 1. The Labute approximate surface area is 104 Å². The zero-order chi connectivity index (χ0) is 12.8. The number of aryl methyl sites for hydroxylation is 1. The average Bonchev–Trinajstić information content (AvgIpc) is 2.86. The highest BCUT2D eigenvalue weighted by molar-refractivity contribution is 6.08. The summed E-state index contributed by atoms with van der Waals surface area (Å²) in [5, 5.41) is 11.4. The van der Waals surface area contributed by atoms with Gasteiger partial charge in [-0.2, -0.15) is 5.26 Å². The van der Waals surface area contributed by atoms with Crippen molar-refractivity contribution in [2.75, 3.05) is 6.54 Å². The van der Waals surface area contributed by atoms with Gasteiger partial charge in [0, 0.05) is 0 Å². The lowest BCUT2D eigenvalue weighted by atomic mass is 9.92. The van der Waals surface area contributed by atoms with E-state index in [1.807, 2.05) is 30.3 Å². The van der Waals surface area contributed by atoms with E-state index in [1.54, 1.807) is 0 Å². The van der Waals surface area contributed by atoms with Crippen LogP contribution in [0.1, 0.15) is 17.5 Å². The summed E-state index contributed by atoms with van der Waals surface area (Å²) < 4.78 is 0. The minimum absolute atomic E-state index is 0.200. The summed E-state index contributed by atoms with van der Waals surface area (Å²) in [5.41, 5.74) is 1.01. The number of nitrogens with zero attached hydrogens (tertiary/aromatic N) is 2. The number of amides is 3. The lowest BCUT2D eigenvalue weighted by Gasteiger charge is -2.21. The second-order valence-electron chi connectivity index (χ2n) is 4.54. The molecule has 1 aromatic carbocycles. The zero-order valence-corrected chi connectivity index (χ0v) is 9.64. The van der Waals surface area contributed by atoms with E-state index in [9.17, 15) is 9.59 Å². The molecule has 3 rings (SSSR count). The summed E-state index contributed by atoms with van der Waals surface area (Å²) in [5.74, 6) is -0.306. The third kappa shape index (κ3) is 1.20. The Balaban J connectivity index is 2.07. The molecule has 1 spiro atoms. The molecular weight excluding hydrogens is 230 g/mol. The van der Waals surface area contributed by atoms with Crippen molar-refractivity contribution in [2.24, 2.45) is 0 Å². The van der Waals surface area contributed by atoms with Gasteiger partial charge in [-0.1, -0.05) is 24.3 Å². The first kappa shape index (κ1) is 10.8. The van der Waals surface area contributed by atoms with E-state index in [0.717, 1.165) is 22.4 Å². The summed E-state index contributed by atoms with van der Waals surface area (Å²) in [6, 6.07) is 8.99. The molecule has 3 amide bonds. The normalized spacial score (nSPS) is 25.2. The van der Waals surface area contributed by atoms with Gasteiger partial charge >= 0.3 is 6.03 Å². The van der Waals surface area contributed by atoms with Gasteiger partial charge in [0.2, 0.25) is 0 Å². The molecule has 0 radical (unpaired) electrons. The van der Waals surface area contributed by atoms with Crippen LogP contribution in [-0.4, -0.2) is 23.4 Å². The highest BCUT2D eigenvalue weighted by Crippen LogP contribution is 2.40. The smallest absolute Gasteiger partial charge is 0.319 e. The van der Waals surface area contributed by atoms with Crippen LogP contribution >= 0.6 is 0 Å². The minimum Gasteiger partial charge on any atom is -0.319 e. The topological polar surface area (TPSA) is 73.2 Å². The Hall–Kier alpha value is -2.35. The fourth-order valence-corrected chi connectivity index (χ4v) is 2.80. The maximum Gasteiger partial charge on any atom is 0.326 e. The molecule has 90 valence electrons. The van der Waals surface area contributed by atoms with Gasteiger partial charge < -0.3 is 5.32 Å². The standard InChI is InChI=1S/C13H11N3O2/c14-7-8-16-11(17)13(15-12(16)18)6-5-9-3-1-2-4-10(9)13/h1-4H,5-6,8H2,(H,15,18)/t13-/m1/s1. The molecule has 5 heteroatoms. The Bertz CT molecular complexity index is 590. The molecule has 0 aromatic heterocycles. The van der Waals surface area contributed by atoms with Crippen LogP contribution in [0.25, 0.3) is 0 Å². The van der Waals surface area contributed by atoms with Crippen LogP contribution in [-0.2, 0) is 16.8 Å². The van der Waals surface area contributed by atoms with Crippen molar-refractivity contribution in [3.8, 4) is 6.07 Å². The molecule has 1 N–H and O–H groups in total. The molecule has 18 heavy (non-hydrogen) atoms. The van der Waals surface area contributed by atoms with Gasteiger partial charge in [-0.05, 0) is 24.0 Å². The molecule has 1 atom stereocenters.